The van der Waals surface area contributed by atoms with Gasteiger partial charge >= 0.3 is 0 Å². The van der Waals surface area contributed by atoms with Crippen molar-refractivity contribution in [1.29, 1.82) is 5.53 Å². The maximum Gasteiger partial charge on any atom is 0.276 e. The zero-order chi connectivity index (χ0) is 32.8. The van der Waals surface area contributed by atoms with Crippen LogP contribution < -0.4 is 5.32 Å². The number of nitrogens with one attached hydrogen (secondary N) is 2. The van der Waals surface area contributed by atoms with E-state index in [1.54, 1.807) is 18.0 Å². The Balaban J connectivity index is -0.000000156. The van der Waals surface area contributed by atoms with Gasteiger partial charge in [-0.1, -0.05) is 41.8 Å². The van der Waals surface area contributed by atoms with E-state index in [0.717, 1.165) is 16.8 Å². The average Bonchev–Trinajstić information content (AvgIpc) is 3.50. The van der Waals surface area contributed by atoms with Crippen LogP contribution in [0.4, 0.5) is 5.13 Å². The molecule has 2 N–H and O–H groups in total. The van der Waals surface area contributed by atoms with Crippen molar-refractivity contribution in [3.8, 4) is 106 Å². The van der Waals surface area contributed by atoms with Crippen LogP contribution in [0.25, 0.3) is 21.7 Å². The van der Waals surface area contributed by atoms with E-state index in [-0.39, 0.29) is 13.0 Å². The van der Waals surface area contributed by atoms with Gasteiger partial charge in [0.25, 0.3) is 5.91 Å². The number of carbonyl (C=O) groups is 1. The molecule has 1 amide bonds. The molecule has 3 aromatic rings. The van der Waals surface area contributed by atoms with Crippen molar-refractivity contribution in [2.75, 3.05) is 5.32 Å². The van der Waals surface area contributed by atoms with Crippen LogP contribution in [-0.4, -0.2) is 20.1 Å². The second-order valence-electron chi connectivity index (χ2n) is 7.15. The van der Waals surface area contributed by atoms with E-state index < -0.39 is 0 Å². The monoisotopic (exact) mass is 618 g/mol. The highest BCUT2D eigenvalue weighted by Crippen LogP contribution is 2.25. The lowest BCUT2D eigenvalue weighted by Gasteiger charge is -2.03. The number of aryl methyl sites for hydroxylation is 2. The number of nitrogens with zero attached hydrogens (tertiary/aromatic N) is 4. The minimum absolute atomic E-state index is 0. The fourth-order valence-electron chi connectivity index (χ4n) is 2.51. The van der Waals surface area contributed by atoms with Crippen LogP contribution in [0, 0.1) is 115 Å². The zero-order valence-corrected chi connectivity index (χ0v) is 25.3. The molecule has 0 aliphatic carbocycles. The Morgan fingerprint density at radius 2 is 1.43 bits per heavy atom. The van der Waals surface area contributed by atoms with Crippen LogP contribution >= 0.6 is 11.3 Å². The number of thiazole rings is 1. The lowest BCUT2D eigenvalue weighted by atomic mass is 10.1. The highest BCUT2D eigenvalue weighted by atomic mass is 32.1. The standard InChI is InChI=1S/C17H15N3OS.C17H4.HN3.OS.5H2/c1-11-5-7-13(8-6-11)14-10-22-17(19-14)20-16(21)15-12(2)4-3-9-18-15;1-3-5-7-9-11-13-15-17-16-14-12-10-8-6-4-2;1-3-2;1-2;;;;;/h3-10H,1-2H3,(H,19,20,21);1H,2H3;1H;;5*1H. The van der Waals surface area contributed by atoms with Gasteiger partial charge in [-0.2, -0.15) is 4.21 Å². The first kappa shape index (κ1) is 37.3. The van der Waals surface area contributed by atoms with Crippen LogP contribution in [0.15, 0.2) is 48.0 Å². The molecule has 0 unspecified atom stereocenters. The van der Waals surface area contributed by atoms with E-state index >= 15 is 0 Å². The fourth-order valence-corrected chi connectivity index (χ4v) is 3.22. The SMILES string of the molecule is C#CC#CC#CC#CC#CC#CC#CC#CC.Cc1ccc(-c2csc(NC(=O)c3ncccc3C)n2)cc1.O=S.[HH].[HH].[HH].[HH].[HH].[N-]=[N+]=N. The van der Waals surface area contributed by atoms with E-state index in [2.05, 4.69) is 117 Å². The molecule has 8 nitrogen and oxygen atoms in total. The summed E-state index contributed by atoms with van der Waals surface area (Å²) in [7, 11) is 0. The van der Waals surface area contributed by atoms with E-state index in [0.29, 0.717) is 10.8 Å². The fraction of sp³-hybridized carbons (Fsp3) is 0.0882. The third kappa shape index (κ3) is 17.1. The Bertz CT molecular complexity index is 1980. The first-order valence-corrected chi connectivity index (χ1v) is 13.0. The van der Waals surface area contributed by atoms with Gasteiger partial charge in [0.05, 0.1) is 5.69 Å². The Labute approximate surface area is 273 Å². The Hall–Kier alpha value is -6.72. The summed E-state index contributed by atoms with van der Waals surface area (Å²) in [5.74, 6) is 36.7. The molecule has 0 saturated heterocycles. The van der Waals surface area contributed by atoms with Crippen LogP contribution in [0.2, 0.25) is 0 Å². The molecule has 44 heavy (non-hydrogen) atoms. The first-order chi connectivity index (χ1) is 21.5. The van der Waals surface area contributed by atoms with Crippen LogP contribution in [0.1, 0.15) is 35.7 Å². The number of pyridine rings is 1. The minimum atomic E-state index is -0.233. The highest BCUT2D eigenvalue weighted by Gasteiger charge is 2.12. The molecule has 0 bridgehead atoms. The van der Waals surface area contributed by atoms with E-state index in [9.17, 15) is 4.79 Å². The average molecular weight is 619 g/mol. The number of aromatic nitrogens is 2. The van der Waals surface area contributed by atoms with Crippen molar-refractivity contribution in [2.24, 2.45) is 0 Å². The number of hydrogen-bond acceptors (Lipinski definition) is 7. The van der Waals surface area contributed by atoms with Gasteiger partial charge in [-0.15, -0.1) is 23.3 Å². The summed E-state index contributed by atoms with van der Waals surface area (Å²) in [5.41, 5.74) is 16.6. The molecule has 0 spiro atoms. The van der Waals surface area contributed by atoms with Crippen LogP contribution in [-0.2, 0) is 12.5 Å². The second kappa shape index (κ2) is 25.3. The van der Waals surface area contributed by atoms with Crippen molar-refractivity contribution in [2.45, 2.75) is 20.8 Å². The molecule has 220 valence electrons. The maximum absolute atomic E-state index is 12.2. The van der Waals surface area contributed by atoms with Crippen LogP contribution in [0.5, 0.6) is 0 Å². The number of benzene rings is 1. The molecule has 10 heteroatoms. The van der Waals surface area contributed by atoms with Crippen molar-refractivity contribution in [3.05, 3.63) is 75.2 Å². The largest absolute Gasteiger partial charge is 0.296 e. The van der Waals surface area contributed by atoms with Gasteiger partial charge < -0.3 is 0 Å². The molecular formula is C34H30N6O2S2. The lowest BCUT2D eigenvalue weighted by molar-refractivity contribution is 0.102. The number of terminal acetylenes is 1. The van der Waals surface area contributed by atoms with Crippen molar-refractivity contribution in [3.63, 3.8) is 0 Å². The van der Waals surface area contributed by atoms with Gasteiger partial charge in [0.2, 0.25) is 0 Å². The summed E-state index contributed by atoms with van der Waals surface area (Å²) in [6.07, 6.45) is 6.50. The molecular weight excluding hydrogens is 589 g/mol. The predicted molar refractivity (Wildman–Crippen MR) is 186 cm³/mol. The van der Waals surface area contributed by atoms with Gasteiger partial charge in [-0.25, -0.2) is 4.98 Å². The van der Waals surface area contributed by atoms with Crippen LogP contribution in [0.3, 0.4) is 0 Å². The normalized spacial score (nSPS) is 6.95. The van der Waals surface area contributed by atoms with Crippen molar-refractivity contribution < 1.29 is 16.1 Å². The molecule has 1 aromatic carbocycles. The first-order valence-electron chi connectivity index (χ1n) is 11.8. The summed E-state index contributed by atoms with van der Waals surface area (Å²) in [6.45, 7) is 5.61. The van der Waals surface area contributed by atoms with Gasteiger partial charge in [0.1, 0.15) is 5.69 Å². The third-order valence-electron chi connectivity index (χ3n) is 4.24. The number of hydrogen-bond donors (Lipinski definition) is 2. The van der Waals surface area contributed by atoms with Crippen molar-refractivity contribution >= 4 is 34.9 Å². The quantitative estimate of drug-likeness (QED) is 0.150. The smallest absolute Gasteiger partial charge is 0.276 e. The molecule has 0 aliphatic heterocycles. The number of rotatable bonds is 3. The summed E-state index contributed by atoms with van der Waals surface area (Å²) in [6, 6.07) is 11.8. The second-order valence-corrected chi connectivity index (χ2v) is 8.00. The molecule has 0 atom stereocenters. The zero-order valence-electron chi connectivity index (χ0n) is 23.6. The maximum atomic E-state index is 12.2. The third-order valence-corrected chi connectivity index (χ3v) is 5.00. The highest BCUT2D eigenvalue weighted by molar-refractivity contribution is 7.44. The Kier molecular flexibility index (Phi) is 21.4. The lowest BCUT2D eigenvalue weighted by Crippen LogP contribution is -2.14. The van der Waals surface area contributed by atoms with Gasteiger partial charge in [-0.05, 0) is 126 Å². The van der Waals surface area contributed by atoms with Gasteiger partial charge in [0, 0.05) is 24.3 Å². The van der Waals surface area contributed by atoms with E-state index in [1.807, 2.05) is 55.6 Å². The van der Waals surface area contributed by atoms with E-state index in [4.69, 9.17) is 21.7 Å². The Morgan fingerprint density at radius 1 is 0.932 bits per heavy atom. The summed E-state index contributed by atoms with van der Waals surface area (Å²) >= 11 is 4.24. The van der Waals surface area contributed by atoms with E-state index in [1.165, 1.54) is 16.9 Å². The number of amides is 1. The number of carbonyl (C=O) groups excluding carboxylic acids is 1. The summed E-state index contributed by atoms with van der Waals surface area (Å²) in [4.78, 5) is 22.5. The van der Waals surface area contributed by atoms with Crippen molar-refractivity contribution in [1.82, 2.24) is 9.97 Å². The summed E-state index contributed by atoms with van der Waals surface area (Å²) in [5, 5.41) is 5.32. The molecule has 0 radical (unpaired) electrons. The number of anilines is 1. The molecule has 2 aromatic heterocycles. The molecule has 2 heterocycles. The van der Waals surface area contributed by atoms with Gasteiger partial charge in [-0.3, -0.25) is 15.1 Å². The topological polar surface area (TPSA) is 132 Å². The Morgan fingerprint density at radius 3 is 1.91 bits per heavy atom. The molecule has 3 rings (SSSR count). The molecule has 0 saturated carbocycles. The predicted octanol–water partition coefficient (Wildman–Crippen LogP) is 6.51. The molecule has 0 aliphatic rings. The minimum Gasteiger partial charge on any atom is -0.296 e. The van der Waals surface area contributed by atoms with Gasteiger partial charge in [0.15, 0.2) is 17.7 Å². The summed E-state index contributed by atoms with van der Waals surface area (Å²) < 4.78 is 7.83. The molecule has 0 fully saturated rings.